The van der Waals surface area contributed by atoms with Gasteiger partial charge in [-0.05, 0) is 57.9 Å². The quantitative estimate of drug-likeness (QED) is 0.521. The van der Waals surface area contributed by atoms with Gasteiger partial charge in [-0.25, -0.2) is 0 Å². The normalized spacial score (nSPS) is 17.5. The summed E-state index contributed by atoms with van der Waals surface area (Å²) in [6, 6.07) is 8.66. The number of carbonyl (C=O) groups is 2. The molecule has 0 spiro atoms. The summed E-state index contributed by atoms with van der Waals surface area (Å²) in [7, 11) is 0. The number of nitrogens with one attached hydrogen (secondary N) is 1. The zero-order valence-electron chi connectivity index (χ0n) is 17.9. The van der Waals surface area contributed by atoms with Crippen molar-refractivity contribution in [1.29, 1.82) is 0 Å². The van der Waals surface area contributed by atoms with Crippen molar-refractivity contribution < 1.29 is 32.2 Å². The molecule has 35 heavy (non-hydrogen) atoms. The average molecular weight is 552 g/mol. The largest absolute Gasteiger partial charge is 0.573 e. The van der Waals surface area contributed by atoms with Gasteiger partial charge in [0.05, 0.1) is 9.99 Å². The van der Waals surface area contributed by atoms with Crippen LogP contribution in [0.2, 0.25) is 0 Å². The van der Waals surface area contributed by atoms with Crippen LogP contribution in [0, 0.1) is 5.92 Å². The molecule has 3 aromatic rings. The highest BCUT2D eigenvalue weighted by molar-refractivity contribution is 9.10. The highest BCUT2D eigenvalue weighted by Crippen LogP contribution is 2.33. The predicted octanol–water partition coefficient (Wildman–Crippen LogP) is 3.50. The van der Waals surface area contributed by atoms with Crippen molar-refractivity contribution in [2.75, 3.05) is 26.2 Å². The maximum Gasteiger partial charge on any atom is 0.573 e. The van der Waals surface area contributed by atoms with E-state index in [4.69, 9.17) is 4.74 Å². The molecule has 1 atom stereocenters. The van der Waals surface area contributed by atoms with Crippen LogP contribution in [0.15, 0.2) is 52.6 Å². The van der Waals surface area contributed by atoms with Crippen molar-refractivity contribution >= 4 is 38.8 Å². The Bertz CT molecular complexity index is 1340. The van der Waals surface area contributed by atoms with Crippen molar-refractivity contribution in [3.8, 4) is 11.5 Å². The minimum Gasteiger partial charge on any atom is -0.483 e. The highest BCUT2D eigenvalue weighted by Gasteiger charge is 2.37. The second-order valence-corrected chi connectivity index (χ2v) is 8.96. The first-order chi connectivity index (χ1) is 16.7. The number of benzene rings is 2. The molecule has 2 aliphatic heterocycles. The number of likely N-dealkylation sites (tertiary alicyclic amines) is 1. The maximum absolute atomic E-state index is 12.9. The van der Waals surface area contributed by atoms with Gasteiger partial charge in [-0.2, -0.15) is 0 Å². The van der Waals surface area contributed by atoms with Crippen LogP contribution < -0.4 is 9.47 Å². The van der Waals surface area contributed by atoms with Crippen molar-refractivity contribution in [3.63, 3.8) is 0 Å². The van der Waals surface area contributed by atoms with Crippen LogP contribution in [-0.2, 0) is 4.79 Å². The molecular formula is C22H17BrF3N5O4. The second kappa shape index (κ2) is 8.87. The zero-order chi connectivity index (χ0) is 24.7. The Kier molecular flexibility index (Phi) is 5.87. The summed E-state index contributed by atoms with van der Waals surface area (Å²) >= 11 is 3.13. The summed E-state index contributed by atoms with van der Waals surface area (Å²) in [5.74, 6) is -0.572. The topological polar surface area (TPSA) is 101 Å². The third kappa shape index (κ3) is 4.94. The summed E-state index contributed by atoms with van der Waals surface area (Å²) in [6.45, 7) is 0.998. The first-order valence-corrected chi connectivity index (χ1v) is 11.2. The molecule has 182 valence electrons. The number of nitrogens with zero attached hydrogens (tertiary/aromatic N) is 4. The summed E-state index contributed by atoms with van der Waals surface area (Å²) in [5, 5.41) is 10.4. The van der Waals surface area contributed by atoms with Gasteiger partial charge < -0.3 is 19.3 Å². The molecule has 1 aromatic heterocycles. The van der Waals surface area contributed by atoms with E-state index in [1.54, 1.807) is 34.2 Å². The van der Waals surface area contributed by atoms with Crippen molar-refractivity contribution in [2.24, 2.45) is 5.92 Å². The Labute approximate surface area is 204 Å². The standard InChI is InChI=1S/C22H17BrF3N5O4/c23-16-6-15(35-22(24,25)26)2-4-19(16)34-11-20(32)30-7-13-9-31(10-14(13)8-30)21(33)12-1-3-17-18(5-12)28-29-27-17/h1-6,9,14H,7-8,10-11H2,(H,27,28,29)/t14-/m0/s1. The molecule has 0 radical (unpaired) electrons. The van der Waals surface area contributed by atoms with Crippen molar-refractivity contribution in [3.05, 3.63) is 58.2 Å². The Morgan fingerprint density at radius 1 is 1.17 bits per heavy atom. The van der Waals surface area contributed by atoms with Crippen LogP contribution in [0.3, 0.4) is 0 Å². The molecule has 1 saturated heterocycles. The summed E-state index contributed by atoms with van der Waals surface area (Å²) < 4.78 is 46.6. The molecule has 2 aromatic carbocycles. The van der Waals surface area contributed by atoms with Crippen LogP contribution >= 0.6 is 15.9 Å². The van der Waals surface area contributed by atoms with Crippen LogP contribution in [0.4, 0.5) is 13.2 Å². The monoisotopic (exact) mass is 551 g/mol. The van der Waals surface area contributed by atoms with E-state index in [-0.39, 0.29) is 34.6 Å². The molecule has 3 heterocycles. The van der Waals surface area contributed by atoms with E-state index in [0.29, 0.717) is 30.7 Å². The molecule has 9 nitrogen and oxygen atoms in total. The number of aromatic amines is 1. The van der Waals surface area contributed by atoms with E-state index < -0.39 is 12.1 Å². The summed E-state index contributed by atoms with van der Waals surface area (Å²) in [4.78, 5) is 28.8. The lowest BCUT2D eigenvalue weighted by molar-refractivity contribution is -0.274. The van der Waals surface area contributed by atoms with Gasteiger partial charge in [0, 0.05) is 37.3 Å². The summed E-state index contributed by atoms with van der Waals surface area (Å²) in [5.41, 5.74) is 2.83. The molecule has 1 N–H and O–H groups in total. The van der Waals surface area contributed by atoms with Gasteiger partial charge in [0.25, 0.3) is 11.8 Å². The lowest BCUT2D eigenvalue weighted by Gasteiger charge is -2.20. The van der Waals surface area contributed by atoms with E-state index in [2.05, 4.69) is 36.1 Å². The average Bonchev–Trinajstić information content (AvgIpc) is 3.51. The smallest absolute Gasteiger partial charge is 0.483 e. The van der Waals surface area contributed by atoms with E-state index in [9.17, 15) is 22.8 Å². The van der Waals surface area contributed by atoms with Gasteiger partial charge >= 0.3 is 6.36 Å². The van der Waals surface area contributed by atoms with Crippen LogP contribution in [0.1, 0.15) is 10.4 Å². The van der Waals surface area contributed by atoms with E-state index >= 15 is 0 Å². The van der Waals surface area contributed by atoms with Crippen molar-refractivity contribution in [1.82, 2.24) is 25.2 Å². The number of hydrogen-bond acceptors (Lipinski definition) is 6. The fraction of sp³-hybridized carbons (Fsp3) is 0.273. The number of halogens is 4. The van der Waals surface area contributed by atoms with Gasteiger partial charge in [-0.15, -0.1) is 18.3 Å². The minimum atomic E-state index is -4.80. The fourth-order valence-corrected chi connectivity index (χ4v) is 4.58. The number of alkyl halides is 3. The summed E-state index contributed by atoms with van der Waals surface area (Å²) in [6.07, 6.45) is -3.02. The van der Waals surface area contributed by atoms with Crippen molar-refractivity contribution in [2.45, 2.75) is 6.36 Å². The Morgan fingerprint density at radius 2 is 2.00 bits per heavy atom. The third-order valence-electron chi connectivity index (χ3n) is 5.75. The minimum absolute atomic E-state index is 0.0317. The molecular weight excluding hydrogens is 535 g/mol. The molecule has 0 aliphatic carbocycles. The van der Waals surface area contributed by atoms with E-state index in [1.165, 1.54) is 6.07 Å². The SMILES string of the molecule is O=C(c1ccc2[nH]nnc2c1)N1C=C2CN(C(=O)COc3ccc(OC(F)(F)F)cc3Br)C[C@H]2C1. The van der Waals surface area contributed by atoms with Gasteiger partial charge in [-0.3, -0.25) is 14.7 Å². The van der Waals surface area contributed by atoms with Crippen LogP contribution in [0.25, 0.3) is 11.0 Å². The third-order valence-corrected chi connectivity index (χ3v) is 6.37. The molecule has 0 bridgehead atoms. The maximum atomic E-state index is 12.9. The van der Waals surface area contributed by atoms with Gasteiger partial charge in [-0.1, -0.05) is 5.21 Å². The molecule has 5 rings (SSSR count). The Hall–Kier alpha value is -3.61. The predicted molar refractivity (Wildman–Crippen MR) is 119 cm³/mol. The fourth-order valence-electron chi connectivity index (χ4n) is 4.11. The highest BCUT2D eigenvalue weighted by atomic mass is 79.9. The molecule has 2 aliphatic rings. The number of rotatable bonds is 5. The second-order valence-electron chi connectivity index (χ2n) is 8.11. The Balaban J connectivity index is 1.17. The first kappa shape index (κ1) is 23.1. The molecule has 0 saturated carbocycles. The van der Waals surface area contributed by atoms with Gasteiger partial charge in [0.2, 0.25) is 0 Å². The van der Waals surface area contributed by atoms with E-state index in [0.717, 1.165) is 23.2 Å². The first-order valence-electron chi connectivity index (χ1n) is 10.4. The number of carbonyl (C=O) groups excluding carboxylic acids is 2. The Morgan fingerprint density at radius 3 is 2.74 bits per heavy atom. The number of fused-ring (bicyclic) bond motifs is 2. The molecule has 0 unspecified atom stereocenters. The number of aromatic nitrogens is 3. The van der Waals surface area contributed by atoms with Gasteiger partial charge in [0.15, 0.2) is 6.61 Å². The van der Waals surface area contributed by atoms with Crippen LogP contribution in [0.5, 0.6) is 11.5 Å². The zero-order valence-corrected chi connectivity index (χ0v) is 19.5. The number of hydrogen-bond donors (Lipinski definition) is 1. The lowest BCUT2D eigenvalue weighted by Crippen LogP contribution is -2.35. The molecule has 1 fully saturated rings. The van der Waals surface area contributed by atoms with Gasteiger partial charge in [0.1, 0.15) is 17.0 Å². The number of H-pyrrole nitrogens is 1. The number of amides is 2. The van der Waals surface area contributed by atoms with Crippen LogP contribution in [-0.4, -0.2) is 69.6 Å². The molecule has 2 amide bonds. The number of ether oxygens (including phenoxy) is 2. The van der Waals surface area contributed by atoms with E-state index in [1.807, 2.05) is 0 Å². The molecule has 13 heteroatoms. The lowest BCUT2D eigenvalue weighted by atomic mass is 10.1.